The van der Waals surface area contributed by atoms with Crippen molar-refractivity contribution < 1.29 is 21.6 Å². The molecule has 1 aromatic carbocycles. The smallest absolute Gasteiger partial charge is 0.282 e. The second-order valence-corrected chi connectivity index (χ2v) is 9.79. The van der Waals surface area contributed by atoms with Crippen LogP contribution in [0.4, 0.5) is 13.2 Å². The molecule has 2 aromatic rings. The minimum Gasteiger partial charge on any atom is -0.282 e. The molecule has 172 valence electrons. The van der Waals surface area contributed by atoms with Crippen LogP contribution in [-0.4, -0.2) is 53.6 Å². The molecule has 32 heavy (non-hydrogen) atoms. The van der Waals surface area contributed by atoms with Crippen LogP contribution in [0.3, 0.4) is 0 Å². The molecule has 1 aliphatic heterocycles. The average molecular weight is 469 g/mol. The molecule has 2 fully saturated rings. The van der Waals surface area contributed by atoms with Crippen molar-refractivity contribution in [3.8, 4) is 0 Å². The van der Waals surface area contributed by atoms with E-state index >= 15 is 0 Å². The fraction of sp³-hybridized carbons (Fsp3) is 0.429. The molecule has 0 atom stereocenters. The monoisotopic (exact) mass is 468 g/mol. The van der Waals surface area contributed by atoms with Gasteiger partial charge >= 0.3 is 6.18 Å². The molecule has 0 N–H and O–H groups in total. The van der Waals surface area contributed by atoms with E-state index in [0.29, 0.717) is 0 Å². The zero-order valence-electron chi connectivity index (χ0n) is 17.2. The van der Waals surface area contributed by atoms with Crippen LogP contribution in [0.15, 0.2) is 46.6 Å². The summed E-state index contributed by atoms with van der Waals surface area (Å²) in [5.41, 5.74) is -1.34. The van der Waals surface area contributed by atoms with Crippen LogP contribution < -0.4 is 5.56 Å². The maximum atomic E-state index is 13.3. The molecule has 2 aliphatic rings. The van der Waals surface area contributed by atoms with E-state index in [1.807, 2.05) is 18.2 Å². The molecule has 0 bridgehead atoms. The molecule has 1 aliphatic carbocycles. The van der Waals surface area contributed by atoms with Crippen molar-refractivity contribution in [1.82, 2.24) is 19.0 Å². The highest BCUT2D eigenvalue weighted by atomic mass is 32.2. The maximum Gasteiger partial charge on any atom is 0.421 e. The van der Waals surface area contributed by atoms with E-state index < -0.39 is 27.3 Å². The van der Waals surface area contributed by atoms with E-state index in [1.165, 1.54) is 10.4 Å². The summed E-state index contributed by atoms with van der Waals surface area (Å²) in [6, 6.07) is 9.90. The van der Waals surface area contributed by atoms with Gasteiger partial charge in [-0.05, 0) is 30.5 Å². The molecular formula is C21H23F3N4O3S. The summed E-state index contributed by atoms with van der Waals surface area (Å²) < 4.78 is 67.3. The number of hydrogen-bond acceptors (Lipinski definition) is 5. The number of alkyl halides is 3. The normalized spacial score (nSPS) is 19.0. The van der Waals surface area contributed by atoms with Gasteiger partial charge in [-0.3, -0.25) is 9.69 Å². The fourth-order valence-electron chi connectivity index (χ4n) is 3.57. The molecule has 0 radical (unpaired) electrons. The highest BCUT2D eigenvalue weighted by molar-refractivity contribution is 7.92. The minimum atomic E-state index is -4.75. The number of nitrogens with zero attached hydrogens (tertiary/aromatic N) is 4. The third-order valence-corrected chi connectivity index (χ3v) is 7.12. The highest BCUT2D eigenvalue weighted by Gasteiger charge is 2.38. The van der Waals surface area contributed by atoms with Gasteiger partial charge in [0.15, 0.2) is 0 Å². The highest BCUT2D eigenvalue weighted by Crippen LogP contribution is 2.40. The third-order valence-electron chi connectivity index (χ3n) is 5.55. The zero-order valence-corrected chi connectivity index (χ0v) is 18.0. The Morgan fingerprint density at radius 3 is 2.31 bits per heavy atom. The van der Waals surface area contributed by atoms with Crippen LogP contribution in [-0.2, 0) is 22.9 Å². The fourth-order valence-corrected chi connectivity index (χ4v) is 4.74. The lowest BCUT2D eigenvalue weighted by Crippen LogP contribution is -2.49. The number of piperazine rings is 1. The number of halogens is 3. The minimum absolute atomic E-state index is 0.0404. The largest absolute Gasteiger partial charge is 0.421 e. The predicted octanol–water partition coefficient (Wildman–Crippen LogP) is 2.72. The van der Waals surface area contributed by atoms with Crippen LogP contribution in [0.5, 0.6) is 0 Å². The zero-order chi connectivity index (χ0) is 22.9. The van der Waals surface area contributed by atoms with Gasteiger partial charge in [-0.15, -0.1) is 0 Å². The first kappa shape index (κ1) is 22.7. The topological polar surface area (TPSA) is 75.5 Å². The molecule has 2 heterocycles. The summed E-state index contributed by atoms with van der Waals surface area (Å²) in [7, 11) is -3.63. The van der Waals surface area contributed by atoms with Crippen molar-refractivity contribution in [1.29, 1.82) is 0 Å². The van der Waals surface area contributed by atoms with Gasteiger partial charge in [0.05, 0.1) is 12.4 Å². The Morgan fingerprint density at radius 1 is 1.06 bits per heavy atom. The average Bonchev–Trinajstić information content (AvgIpc) is 3.60. The second kappa shape index (κ2) is 8.80. The summed E-state index contributed by atoms with van der Waals surface area (Å²) in [5, 5.41) is 5.30. The van der Waals surface area contributed by atoms with Crippen LogP contribution >= 0.6 is 0 Å². The van der Waals surface area contributed by atoms with E-state index in [9.17, 15) is 26.4 Å². The molecule has 0 unspecified atom stereocenters. The SMILES string of the molecule is O=c1c(C(F)(F)F)cc(C2CC2)nn1CN1CCN(S(=O)(=O)/C=C/c2ccccc2)CC1. The van der Waals surface area contributed by atoms with Gasteiger partial charge in [-0.1, -0.05) is 30.3 Å². The summed E-state index contributed by atoms with van der Waals surface area (Å²) in [6.45, 7) is 0.786. The Kier molecular flexibility index (Phi) is 6.24. The Labute approximate surface area is 183 Å². The number of sulfonamides is 1. The number of aromatic nitrogens is 2. The standard InChI is InChI=1S/C21H23F3N4O3S/c22-21(23,24)18-14-19(17-6-7-17)25-28(20(18)29)15-26-9-11-27(12-10-26)32(30,31)13-8-16-4-2-1-3-5-16/h1-5,8,13-14,17H,6-7,9-12,15H2/b13-8+. The number of hydrogen-bond donors (Lipinski definition) is 0. The van der Waals surface area contributed by atoms with Crippen LogP contribution in [0.25, 0.3) is 6.08 Å². The molecule has 4 rings (SSSR count). The lowest BCUT2D eigenvalue weighted by atomic mass is 10.2. The first-order valence-electron chi connectivity index (χ1n) is 10.3. The van der Waals surface area contributed by atoms with Gasteiger partial charge in [0.25, 0.3) is 5.56 Å². The maximum absolute atomic E-state index is 13.3. The Hall–Kier alpha value is -2.50. The first-order valence-corrected chi connectivity index (χ1v) is 11.8. The molecule has 1 saturated heterocycles. The number of benzene rings is 1. The van der Waals surface area contributed by atoms with Crippen molar-refractivity contribution in [2.24, 2.45) is 0 Å². The summed E-state index contributed by atoms with van der Waals surface area (Å²) in [4.78, 5) is 14.1. The first-order chi connectivity index (χ1) is 15.1. The predicted molar refractivity (Wildman–Crippen MR) is 113 cm³/mol. The van der Waals surface area contributed by atoms with Crippen LogP contribution in [0.1, 0.15) is 35.6 Å². The molecule has 0 spiro atoms. The molecule has 1 aromatic heterocycles. The second-order valence-electron chi connectivity index (χ2n) is 7.98. The van der Waals surface area contributed by atoms with Crippen molar-refractivity contribution >= 4 is 16.1 Å². The van der Waals surface area contributed by atoms with Gasteiger partial charge < -0.3 is 0 Å². The van der Waals surface area contributed by atoms with Gasteiger partial charge in [-0.25, -0.2) is 13.1 Å². The molecule has 0 amide bonds. The van der Waals surface area contributed by atoms with Gasteiger partial charge in [0, 0.05) is 37.5 Å². The van der Waals surface area contributed by atoms with E-state index in [2.05, 4.69) is 5.10 Å². The van der Waals surface area contributed by atoms with Gasteiger partial charge in [0.1, 0.15) is 5.56 Å². The lowest BCUT2D eigenvalue weighted by molar-refractivity contribution is -0.139. The molecular weight excluding hydrogens is 445 g/mol. The van der Waals surface area contributed by atoms with Gasteiger partial charge in [0.2, 0.25) is 10.0 Å². The van der Waals surface area contributed by atoms with E-state index in [-0.39, 0.29) is 44.5 Å². The summed E-state index contributed by atoms with van der Waals surface area (Å²) in [5.74, 6) is -0.0404. The Morgan fingerprint density at radius 2 is 1.72 bits per heavy atom. The van der Waals surface area contributed by atoms with Crippen molar-refractivity contribution in [3.63, 3.8) is 0 Å². The number of rotatable bonds is 6. The van der Waals surface area contributed by atoms with Crippen LogP contribution in [0.2, 0.25) is 0 Å². The van der Waals surface area contributed by atoms with E-state index in [4.69, 9.17) is 0 Å². The summed E-state index contributed by atoms with van der Waals surface area (Å²) in [6.07, 6.45) is -1.71. The Bertz CT molecular complexity index is 1150. The Balaban J connectivity index is 1.44. The van der Waals surface area contributed by atoms with Crippen molar-refractivity contribution in [2.75, 3.05) is 26.2 Å². The molecule has 7 nitrogen and oxygen atoms in total. The van der Waals surface area contributed by atoms with E-state index in [1.54, 1.807) is 17.0 Å². The third kappa shape index (κ3) is 5.28. The quantitative estimate of drug-likeness (QED) is 0.652. The van der Waals surface area contributed by atoms with E-state index in [0.717, 1.165) is 34.6 Å². The van der Waals surface area contributed by atoms with Crippen LogP contribution in [0, 0.1) is 0 Å². The van der Waals surface area contributed by atoms with Gasteiger partial charge in [-0.2, -0.15) is 22.6 Å². The molecule has 1 saturated carbocycles. The molecule has 11 heteroatoms. The lowest BCUT2D eigenvalue weighted by Gasteiger charge is -2.33. The van der Waals surface area contributed by atoms with Crippen molar-refractivity contribution in [2.45, 2.75) is 31.6 Å². The van der Waals surface area contributed by atoms with Crippen molar-refractivity contribution in [3.05, 3.63) is 69.0 Å². The summed E-state index contributed by atoms with van der Waals surface area (Å²) >= 11 is 0.